The molecular formula is C16H19FN2O2S2. The number of aryl methyl sites for hydroxylation is 1. The Morgan fingerprint density at radius 3 is 2.57 bits per heavy atom. The zero-order valence-electron chi connectivity index (χ0n) is 13.1. The summed E-state index contributed by atoms with van der Waals surface area (Å²) in [6.07, 6.45) is 3.36. The van der Waals surface area contributed by atoms with Crippen molar-refractivity contribution in [3.8, 4) is 0 Å². The summed E-state index contributed by atoms with van der Waals surface area (Å²) >= 11 is 1.68. The van der Waals surface area contributed by atoms with Crippen molar-refractivity contribution in [1.82, 2.24) is 9.29 Å². The van der Waals surface area contributed by atoms with Gasteiger partial charge in [-0.05, 0) is 38.8 Å². The highest BCUT2D eigenvalue weighted by Gasteiger charge is 2.32. The second-order valence-electron chi connectivity index (χ2n) is 5.85. The Morgan fingerprint density at radius 2 is 1.96 bits per heavy atom. The summed E-state index contributed by atoms with van der Waals surface area (Å²) in [6.45, 7) is 4.42. The molecule has 1 fully saturated rings. The van der Waals surface area contributed by atoms with E-state index >= 15 is 0 Å². The maximum Gasteiger partial charge on any atom is 0.243 e. The summed E-state index contributed by atoms with van der Waals surface area (Å²) in [5.74, 6) is -0.173. The van der Waals surface area contributed by atoms with Crippen LogP contribution in [0, 0.1) is 19.7 Å². The predicted octanol–water partition coefficient (Wildman–Crippen LogP) is 3.47. The largest absolute Gasteiger partial charge is 0.249 e. The van der Waals surface area contributed by atoms with Crippen molar-refractivity contribution in [2.24, 2.45) is 0 Å². The zero-order chi connectivity index (χ0) is 16.6. The Morgan fingerprint density at radius 1 is 1.26 bits per heavy atom. The van der Waals surface area contributed by atoms with Gasteiger partial charge in [-0.1, -0.05) is 6.07 Å². The number of sulfonamides is 1. The van der Waals surface area contributed by atoms with Gasteiger partial charge in [-0.25, -0.2) is 17.8 Å². The molecule has 4 nitrogen and oxygen atoms in total. The summed E-state index contributed by atoms with van der Waals surface area (Å²) < 4.78 is 40.6. The van der Waals surface area contributed by atoms with Crippen LogP contribution in [-0.4, -0.2) is 30.8 Å². The summed E-state index contributed by atoms with van der Waals surface area (Å²) in [7, 11) is -3.64. The highest BCUT2D eigenvalue weighted by atomic mass is 32.2. The molecular weight excluding hydrogens is 335 g/mol. The van der Waals surface area contributed by atoms with Crippen molar-refractivity contribution in [3.05, 3.63) is 45.7 Å². The first-order valence-corrected chi connectivity index (χ1v) is 9.83. The first-order chi connectivity index (χ1) is 10.9. The summed E-state index contributed by atoms with van der Waals surface area (Å²) in [4.78, 5) is 5.65. The standard InChI is InChI=1S/C16H19FN2O2S2/c1-11-10-18-16(22-11)13-6-8-19(9-7-13)23(20,21)15-5-3-4-14(17)12(15)2/h3-5,10,13H,6-9H2,1-2H3. The smallest absolute Gasteiger partial charge is 0.243 e. The minimum Gasteiger partial charge on any atom is -0.249 e. The number of aromatic nitrogens is 1. The van der Waals surface area contributed by atoms with E-state index in [0.29, 0.717) is 19.0 Å². The minimum absolute atomic E-state index is 0.0704. The molecule has 7 heteroatoms. The van der Waals surface area contributed by atoms with Gasteiger partial charge in [0.2, 0.25) is 10.0 Å². The fraction of sp³-hybridized carbons (Fsp3) is 0.438. The number of thiazole rings is 1. The normalized spacial score (nSPS) is 17.5. The topological polar surface area (TPSA) is 50.3 Å². The van der Waals surface area contributed by atoms with Gasteiger partial charge >= 0.3 is 0 Å². The lowest BCUT2D eigenvalue weighted by atomic mass is 9.99. The molecule has 0 atom stereocenters. The van der Waals surface area contributed by atoms with Crippen LogP contribution in [0.4, 0.5) is 4.39 Å². The number of halogens is 1. The number of rotatable bonds is 3. The van der Waals surface area contributed by atoms with Crippen LogP contribution in [0.1, 0.15) is 34.2 Å². The lowest BCUT2D eigenvalue weighted by Gasteiger charge is -2.30. The summed E-state index contributed by atoms with van der Waals surface area (Å²) in [6, 6.07) is 4.20. The second-order valence-corrected chi connectivity index (χ2v) is 9.02. The lowest BCUT2D eigenvalue weighted by molar-refractivity contribution is 0.319. The number of benzene rings is 1. The van der Waals surface area contributed by atoms with E-state index in [2.05, 4.69) is 4.98 Å². The Labute approximate surface area is 140 Å². The van der Waals surface area contributed by atoms with Crippen LogP contribution in [0.5, 0.6) is 0 Å². The van der Waals surface area contributed by atoms with Crippen molar-refractivity contribution in [2.45, 2.75) is 37.5 Å². The van der Waals surface area contributed by atoms with Gasteiger partial charge in [-0.3, -0.25) is 0 Å². The van der Waals surface area contributed by atoms with Gasteiger partial charge in [0.05, 0.1) is 9.90 Å². The Kier molecular flexibility index (Phi) is 4.53. The van der Waals surface area contributed by atoms with Crippen molar-refractivity contribution in [1.29, 1.82) is 0 Å². The van der Waals surface area contributed by atoms with Gasteiger partial charge in [-0.2, -0.15) is 4.31 Å². The maximum absolute atomic E-state index is 13.7. The fourth-order valence-corrected chi connectivity index (χ4v) is 5.56. The van der Waals surface area contributed by atoms with Crippen LogP contribution >= 0.6 is 11.3 Å². The van der Waals surface area contributed by atoms with Gasteiger partial charge in [0.15, 0.2) is 0 Å². The average Bonchev–Trinajstić information content (AvgIpc) is 2.96. The summed E-state index contributed by atoms with van der Waals surface area (Å²) in [5.41, 5.74) is 0.185. The van der Waals surface area contributed by atoms with Crippen LogP contribution in [0.25, 0.3) is 0 Å². The van der Waals surface area contributed by atoms with E-state index in [1.54, 1.807) is 11.3 Å². The number of hydrogen-bond donors (Lipinski definition) is 0. The van der Waals surface area contributed by atoms with Gasteiger partial charge < -0.3 is 0 Å². The van der Waals surface area contributed by atoms with Gasteiger partial charge in [0.1, 0.15) is 5.82 Å². The van der Waals surface area contributed by atoms with Gasteiger partial charge in [-0.15, -0.1) is 11.3 Å². The Bertz CT molecular complexity index is 809. The van der Waals surface area contributed by atoms with Crippen molar-refractivity contribution in [3.63, 3.8) is 0 Å². The quantitative estimate of drug-likeness (QED) is 0.848. The number of piperidine rings is 1. The molecule has 2 heterocycles. The molecule has 0 radical (unpaired) electrons. The molecule has 1 saturated heterocycles. The molecule has 0 bridgehead atoms. The third-order valence-corrected chi connectivity index (χ3v) is 7.40. The highest BCUT2D eigenvalue weighted by molar-refractivity contribution is 7.89. The SMILES string of the molecule is Cc1cnc(C2CCN(S(=O)(=O)c3cccc(F)c3C)CC2)s1. The van der Waals surface area contributed by atoms with Crippen LogP contribution in [0.15, 0.2) is 29.3 Å². The third kappa shape index (κ3) is 3.18. The van der Waals surface area contributed by atoms with E-state index < -0.39 is 15.8 Å². The molecule has 124 valence electrons. The molecule has 0 aliphatic carbocycles. The van der Waals surface area contributed by atoms with Crippen molar-refractivity contribution < 1.29 is 12.8 Å². The first-order valence-electron chi connectivity index (χ1n) is 7.57. The predicted molar refractivity (Wildman–Crippen MR) is 88.7 cm³/mol. The molecule has 1 aromatic heterocycles. The van der Waals surface area contributed by atoms with E-state index in [1.165, 1.54) is 34.3 Å². The average molecular weight is 354 g/mol. The molecule has 0 unspecified atom stereocenters. The number of nitrogens with zero attached hydrogens (tertiary/aromatic N) is 2. The Balaban J connectivity index is 1.77. The maximum atomic E-state index is 13.7. The third-order valence-electron chi connectivity index (χ3n) is 4.28. The van der Waals surface area contributed by atoms with Crippen molar-refractivity contribution >= 4 is 21.4 Å². The zero-order valence-corrected chi connectivity index (χ0v) is 14.8. The van der Waals surface area contributed by atoms with Crippen LogP contribution < -0.4 is 0 Å². The molecule has 1 aromatic carbocycles. The van der Waals surface area contributed by atoms with Crippen LogP contribution in [-0.2, 0) is 10.0 Å². The fourth-order valence-electron chi connectivity index (χ4n) is 2.91. The van der Waals surface area contributed by atoms with Gasteiger partial charge in [0.25, 0.3) is 0 Å². The molecule has 1 aliphatic heterocycles. The van der Waals surface area contributed by atoms with Crippen LogP contribution in [0.3, 0.4) is 0 Å². The van der Waals surface area contributed by atoms with E-state index in [9.17, 15) is 12.8 Å². The second kappa shape index (κ2) is 6.30. The van der Waals surface area contributed by atoms with Crippen molar-refractivity contribution in [2.75, 3.05) is 13.1 Å². The number of hydrogen-bond acceptors (Lipinski definition) is 4. The highest BCUT2D eigenvalue weighted by Crippen LogP contribution is 2.33. The molecule has 2 aromatic rings. The van der Waals surface area contributed by atoms with E-state index in [-0.39, 0.29) is 10.5 Å². The van der Waals surface area contributed by atoms with Crippen LogP contribution in [0.2, 0.25) is 0 Å². The van der Waals surface area contributed by atoms with Gasteiger partial charge in [0, 0.05) is 35.6 Å². The monoisotopic (exact) mass is 354 g/mol. The van der Waals surface area contributed by atoms with E-state index in [4.69, 9.17) is 0 Å². The van der Waals surface area contributed by atoms with E-state index in [1.807, 2.05) is 13.1 Å². The Hall–Kier alpha value is -1.31. The molecule has 1 aliphatic rings. The lowest BCUT2D eigenvalue weighted by Crippen LogP contribution is -2.38. The molecule has 23 heavy (non-hydrogen) atoms. The van der Waals surface area contributed by atoms with E-state index in [0.717, 1.165) is 17.8 Å². The minimum atomic E-state index is -3.64. The molecule has 0 N–H and O–H groups in total. The molecule has 0 saturated carbocycles. The first kappa shape index (κ1) is 16.5. The molecule has 0 spiro atoms. The molecule has 0 amide bonds. The summed E-state index contributed by atoms with van der Waals surface area (Å²) in [5, 5.41) is 1.08. The molecule has 3 rings (SSSR count).